The van der Waals surface area contributed by atoms with Crippen molar-refractivity contribution in [3.05, 3.63) is 65.7 Å². The first-order chi connectivity index (χ1) is 11.5. The van der Waals surface area contributed by atoms with Gasteiger partial charge in [-0.05, 0) is 36.8 Å². The highest BCUT2D eigenvalue weighted by Gasteiger charge is 2.12. The number of rotatable bonds is 6. The molecule has 0 saturated carbocycles. The molecular weight excluding hydrogens is 310 g/mol. The molecule has 2 aromatic carbocycles. The highest BCUT2D eigenvalue weighted by atomic mass is 16.6. The van der Waals surface area contributed by atoms with E-state index in [0.717, 1.165) is 5.56 Å². The summed E-state index contributed by atoms with van der Waals surface area (Å²) in [4.78, 5) is 34.9. The van der Waals surface area contributed by atoms with Crippen molar-refractivity contribution in [3.63, 3.8) is 0 Å². The second kappa shape index (κ2) is 8.47. The van der Waals surface area contributed by atoms with Crippen molar-refractivity contribution < 1.29 is 23.9 Å². The number of nitrogens with one attached hydrogen (secondary N) is 1. The Morgan fingerprint density at radius 2 is 1.71 bits per heavy atom. The van der Waals surface area contributed by atoms with Crippen LogP contribution in [0.15, 0.2) is 54.6 Å². The summed E-state index contributed by atoms with van der Waals surface area (Å²) in [7, 11) is 0. The summed E-state index contributed by atoms with van der Waals surface area (Å²) in [5.74, 6) is -1.41. The molecule has 6 nitrogen and oxygen atoms in total. The SMILES string of the molecule is Cc1cccc(OCC(=O)OCC(=O)NC(=O)c2ccccc2)c1. The van der Waals surface area contributed by atoms with E-state index in [0.29, 0.717) is 11.3 Å². The van der Waals surface area contributed by atoms with Gasteiger partial charge in [0.05, 0.1) is 0 Å². The molecule has 0 radical (unpaired) electrons. The summed E-state index contributed by atoms with van der Waals surface area (Å²) in [6.07, 6.45) is 0. The highest BCUT2D eigenvalue weighted by molar-refractivity contribution is 6.05. The Hall–Kier alpha value is -3.15. The quantitative estimate of drug-likeness (QED) is 0.819. The fourth-order valence-electron chi connectivity index (χ4n) is 1.86. The van der Waals surface area contributed by atoms with Crippen LogP contribution in [0, 0.1) is 6.92 Å². The number of hydrogen-bond donors (Lipinski definition) is 1. The van der Waals surface area contributed by atoms with Gasteiger partial charge >= 0.3 is 5.97 Å². The zero-order chi connectivity index (χ0) is 17.4. The molecule has 0 bridgehead atoms. The van der Waals surface area contributed by atoms with Crippen molar-refractivity contribution in [3.8, 4) is 5.75 Å². The number of esters is 1. The van der Waals surface area contributed by atoms with Crippen molar-refractivity contribution >= 4 is 17.8 Å². The number of amides is 2. The predicted octanol–water partition coefficient (Wildman–Crippen LogP) is 1.87. The van der Waals surface area contributed by atoms with Gasteiger partial charge in [0.2, 0.25) is 0 Å². The molecule has 0 unspecified atom stereocenters. The van der Waals surface area contributed by atoms with Crippen LogP contribution in [0.5, 0.6) is 5.75 Å². The average molecular weight is 327 g/mol. The summed E-state index contributed by atoms with van der Waals surface area (Å²) in [5, 5.41) is 2.14. The molecule has 2 aromatic rings. The van der Waals surface area contributed by atoms with Crippen LogP contribution in [0.3, 0.4) is 0 Å². The van der Waals surface area contributed by atoms with Gasteiger partial charge in [-0.3, -0.25) is 14.9 Å². The maximum Gasteiger partial charge on any atom is 0.344 e. The normalized spacial score (nSPS) is 9.88. The Balaban J connectivity index is 1.71. The van der Waals surface area contributed by atoms with E-state index in [9.17, 15) is 14.4 Å². The van der Waals surface area contributed by atoms with Gasteiger partial charge in [0, 0.05) is 5.56 Å². The Morgan fingerprint density at radius 1 is 0.958 bits per heavy atom. The molecule has 2 amide bonds. The molecule has 0 saturated heterocycles. The zero-order valence-corrected chi connectivity index (χ0v) is 13.2. The van der Waals surface area contributed by atoms with E-state index in [1.165, 1.54) is 0 Å². The molecule has 0 fully saturated rings. The summed E-state index contributed by atoms with van der Waals surface area (Å²) >= 11 is 0. The summed E-state index contributed by atoms with van der Waals surface area (Å²) < 4.78 is 10.0. The zero-order valence-electron chi connectivity index (χ0n) is 13.2. The van der Waals surface area contributed by atoms with Crippen LogP contribution in [-0.2, 0) is 14.3 Å². The molecule has 0 spiro atoms. The van der Waals surface area contributed by atoms with Crippen LogP contribution in [0.1, 0.15) is 15.9 Å². The predicted molar refractivity (Wildman–Crippen MR) is 86.5 cm³/mol. The van der Waals surface area contributed by atoms with E-state index in [4.69, 9.17) is 9.47 Å². The third-order valence-corrected chi connectivity index (χ3v) is 3.00. The van der Waals surface area contributed by atoms with Gasteiger partial charge in [-0.1, -0.05) is 30.3 Å². The number of carbonyl (C=O) groups excluding carboxylic acids is 3. The lowest BCUT2D eigenvalue weighted by atomic mass is 10.2. The average Bonchev–Trinajstić information content (AvgIpc) is 2.59. The Labute approximate surface area is 139 Å². The van der Waals surface area contributed by atoms with Crippen LogP contribution < -0.4 is 10.1 Å². The van der Waals surface area contributed by atoms with Crippen LogP contribution in [0.2, 0.25) is 0 Å². The Morgan fingerprint density at radius 3 is 2.42 bits per heavy atom. The Bertz CT molecular complexity index is 727. The van der Waals surface area contributed by atoms with Crippen molar-refractivity contribution in [2.45, 2.75) is 6.92 Å². The second-order valence-electron chi connectivity index (χ2n) is 5.01. The number of imide groups is 1. The molecule has 0 aliphatic carbocycles. The number of benzene rings is 2. The lowest BCUT2D eigenvalue weighted by molar-refractivity contribution is -0.150. The van der Waals surface area contributed by atoms with Crippen LogP contribution >= 0.6 is 0 Å². The lowest BCUT2D eigenvalue weighted by Gasteiger charge is -2.08. The van der Waals surface area contributed by atoms with Crippen molar-refractivity contribution in [1.82, 2.24) is 5.32 Å². The molecule has 0 heterocycles. The van der Waals surface area contributed by atoms with E-state index in [1.54, 1.807) is 48.5 Å². The molecule has 0 atom stereocenters. The minimum absolute atomic E-state index is 0.316. The Kier molecular flexibility index (Phi) is 6.08. The molecule has 1 N–H and O–H groups in total. The number of ether oxygens (including phenoxy) is 2. The lowest BCUT2D eigenvalue weighted by Crippen LogP contribution is -2.34. The number of carbonyl (C=O) groups is 3. The van der Waals surface area contributed by atoms with E-state index in [-0.39, 0.29) is 6.61 Å². The fraction of sp³-hybridized carbons (Fsp3) is 0.167. The largest absolute Gasteiger partial charge is 0.482 e. The van der Waals surface area contributed by atoms with Gasteiger partial charge in [-0.15, -0.1) is 0 Å². The number of hydrogen-bond acceptors (Lipinski definition) is 5. The van der Waals surface area contributed by atoms with E-state index < -0.39 is 24.4 Å². The first-order valence-corrected chi connectivity index (χ1v) is 7.29. The van der Waals surface area contributed by atoms with Gasteiger partial charge in [-0.2, -0.15) is 0 Å². The smallest absolute Gasteiger partial charge is 0.344 e. The maximum absolute atomic E-state index is 11.7. The topological polar surface area (TPSA) is 81.7 Å². The molecular formula is C18H17NO5. The summed E-state index contributed by atoms with van der Waals surface area (Å²) in [6, 6.07) is 15.5. The third-order valence-electron chi connectivity index (χ3n) is 3.00. The molecule has 0 aliphatic heterocycles. The summed E-state index contributed by atoms with van der Waals surface area (Å²) in [5.41, 5.74) is 1.35. The monoisotopic (exact) mass is 327 g/mol. The van der Waals surface area contributed by atoms with Crippen LogP contribution in [0.4, 0.5) is 0 Å². The van der Waals surface area contributed by atoms with Crippen LogP contribution in [-0.4, -0.2) is 31.0 Å². The minimum atomic E-state index is -0.701. The van der Waals surface area contributed by atoms with E-state index in [1.807, 2.05) is 13.0 Å². The van der Waals surface area contributed by atoms with Gasteiger partial charge in [0.25, 0.3) is 11.8 Å². The molecule has 2 rings (SSSR count). The summed E-state index contributed by atoms with van der Waals surface area (Å²) in [6.45, 7) is 1.04. The molecule has 124 valence electrons. The van der Waals surface area contributed by atoms with Gasteiger partial charge in [0.1, 0.15) is 5.75 Å². The minimum Gasteiger partial charge on any atom is -0.482 e. The first-order valence-electron chi connectivity index (χ1n) is 7.29. The highest BCUT2D eigenvalue weighted by Crippen LogP contribution is 2.12. The first kappa shape index (κ1) is 17.2. The maximum atomic E-state index is 11.7. The van der Waals surface area contributed by atoms with E-state index in [2.05, 4.69) is 5.32 Å². The van der Waals surface area contributed by atoms with Crippen molar-refractivity contribution in [2.24, 2.45) is 0 Å². The number of aryl methyl sites for hydroxylation is 1. The molecule has 24 heavy (non-hydrogen) atoms. The van der Waals surface area contributed by atoms with Gasteiger partial charge < -0.3 is 9.47 Å². The van der Waals surface area contributed by atoms with E-state index >= 15 is 0 Å². The third kappa shape index (κ3) is 5.57. The van der Waals surface area contributed by atoms with Gasteiger partial charge in [0.15, 0.2) is 13.2 Å². The second-order valence-corrected chi connectivity index (χ2v) is 5.01. The van der Waals surface area contributed by atoms with Crippen LogP contribution in [0.25, 0.3) is 0 Å². The standard InChI is InChI=1S/C18H17NO5/c1-13-6-5-9-15(10-13)23-12-17(21)24-11-16(20)19-18(22)14-7-3-2-4-8-14/h2-10H,11-12H2,1H3,(H,19,20,22). The molecule has 6 heteroatoms. The van der Waals surface area contributed by atoms with Gasteiger partial charge in [-0.25, -0.2) is 4.79 Å². The van der Waals surface area contributed by atoms with Crippen molar-refractivity contribution in [1.29, 1.82) is 0 Å². The fourth-order valence-corrected chi connectivity index (χ4v) is 1.86. The molecule has 0 aromatic heterocycles. The van der Waals surface area contributed by atoms with Crippen molar-refractivity contribution in [2.75, 3.05) is 13.2 Å². The molecule has 0 aliphatic rings.